The van der Waals surface area contributed by atoms with Gasteiger partial charge in [0.25, 0.3) is 11.5 Å². The first kappa shape index (κ1) is 31.8. The minimum atomic E-state index is -0.865. The number of nitrogens with zero attached hydrogens (tertiary/aromatic N) is 3. The minimum absolute atomic E-state index is 0.0684. The SMILES string of the molecule is CCOC(=O)C1=C(C)N=c2s/c(=C/c3ccc(OCC(=O)N4CCOCC4)cc3)c(=O)n2[C@@H]1c1cc(OC)c(OC)c(OC)c1. The van der Waals surface area contributed by atoms with Crippen molar-refractivity contribution in [3.8, 4) is 23.0 Å². The van der Waals surface area contributed by atoms with E-state index in [0.29, 0.717) is 69.9 Å². The zero-order valence-electron chi connectivity index (χ0n) is 25.8. The number of rotatable bonds is 10. The van der Waals surface area contributed by atoms with Gasteiger partial charge in [-0.2, -0.15) is 0 Å². The summed E-state index contributed by atoms with van der Waals surface area (Å²) in [6.07, 6.45) is 1.75. The molecule has 0 radical (unpaired) electrons. The van der Waals surface area contributed by atoms with Gasteiger partial charge in [0.2, 0.25) is 5.75 Å². The van der Waals surface area contributed by atoms with Gasteiger partial charge < -0.3 is 33.3 Å². The highest BCUT2D eigenvalue weighted by molar-refractivity contribution is 7.07. The summed E-state index contributed by atoms with van der Waals surface area (Å²) in [5, 5.41) is 0. The molecule has 0 saturated carbocycles. The van der Waals surface area contributed by atoms with Gasteiger partial charge in [-0.25, -0.2) is 9.79 Å². The summed E-state index contributed by atoms with van der Waals surface area (Å²) in [5.74, 6) is 0.999. The molecule has 3 aromatic rings. The number of benzene rings is 2. The molecule has 2 aliphatic heterocycles. The molecule has 5 rings (SSSR count). The van der Waals surface area contributed by atoms with Crippen molar-refractivity contribution in [3.63, 3.8) is 0 Å². The number of hydrogen-bond acceptors (Lipinski definition) is 11. The van der Waals surface area contributed by atoms with E-state index in [1.807, 2.05) is 0 Å². The second kappa shape index (κ2) is 14.0. The van der Waals surface area contributed by atoms with Crippen LogP contribution in [0.5, 0.6) is 23.0 Å². The van der Waals surface area contributed by atoms with Crippen LogP contribution < -0.4 is 33.8 Å². The smallest absolute Gasteiger partial charge is 0.338 e. The van der Waals surface area contributed by atoms with Crippen molar-refractivity contribution in [2.75, 3.05) is 60.8 Å². The average molecular weight is 638 g/mol. The lowest BCUT2D eigenvalue weighted by molar-refractivity contribution is -0.139. The van der Waals surface area contributed by atoms with E-state index in [2.05, 4.69) is 4.99 Å². The van der Waals surface area contributed by atoms with Crippen molar-refractivity contribution in [1.29, 1.82) is 0 Å². The third-order valence-electron chi connectivity index (χ3n) is 7.42. The topological polar surface area (TPSA) is 127 Å². The molecular formula is C32H35N3O9S. The molecule has 1 aromatic heterocycles. The van der Waals surface area contributed by atoms with Crippen LogP contribution in [0.2, 0.25) is 0 Å². The Balaban J connectivity index is 1.51. The molecular weight excluding hydrogens is 602 g/mol. The van der Waals surface area contributed by atoms with Crippen LogP contribution in [0, 0.1) is 0 Å². The summed E-state index contributed by atoms with van der Waals surface area (Å²) >= 11 is 1.21. The predicted octanol–water partition coefficient (Wildman–Crippen LogP) is 2.06. The molecule has 13 heteroatoms. The van der Waals surface area contributed by atoms with Crippen molar-refractivity contribution in [1.82, 2.24) is 9.47 Å². The number of carbonyl (C=O) groups excluding carboxylic acids is 2. The second-order valence-electron chi connectivity index (χ2n) is 10.1. The fraction of sp³-hybridized carbons (Fsp3) is 0.375. The normalized spacial score (nSPS) is 16.5. The lowest BCUT2D eigenvalue weighted by Gasteiger charge is -2.26. The average Bonchev–Trinajstić information content (AvgIpc) is 3.36. The first-order valence-electron chi connectivity index (χ1n) is 14.4. The molecule has 0 aliphatic carbocycles. The number of allylic oxidation sites excluding steroid dienone is 1. The number of hydrogen-bond donors (Lipinski definition) is 0. The molecule has 0 unspecified atom stereocenters. The summed E-state index contributed by atoms with van der Waals surface area (Å²) in [4.78, 5) is 46.5. The zero-order chi connectivity index (χ0) is 32.1. The van der Waals surface area contributed by atoms with E-state index in [1.54, 1.807) is 61.2 Å². The van der Waals surface area contributed by atoms with Gasteiger partial charge in [-0.05, 0) is 55.3 Å². The van der Waals surface area contributed by atoms with Crippen LogP contribution in [-0.4, -0.2) is 82.2 Å². The molecule has 2 aliphatic rings. The van der Waals surface area contributed by atoms with Crippen LogP contribution in [-0.2, 0) is 19.1 Å². The quantitative estimate of drug-likeness (QED) is 0.307. The number of aromatic nitrogens is 1. The number of esters is 1. The summed E-state index contributed by atoms with van der Waals surface area (Å²) in [6.45, 7) is 5.69. The summed E-state index contributed by atoms with van der Waals surface area (Å²) in [5.41, 5.74) is 1.65. The number of amides is 1. The van der Waals surface area contributed by atoms with Crippen molar-refractivity contribution < 1.29 is 38.0 Å². The van der Waals surface area contributed by atoms with Crippen molar-refractivity contribution in [2.45, 2.75) is 19.9 Å². The van der Waals surface area contributed by atoms with Gasteiger partial charge in [0.05, 0.1) is 63.0 Å². The highest BCUT2D eigenvalue weighted by Crippen LogP contribution is 2.42. The molecule has 1 atom stereocenters. The Bertz CT molecular complexity index is 1760. The van der Waals surface area contributed by atoms with Crippen LogP contribution >= 0.6 is 11.3 Å². The molecule has 45 heavy (non-hydrogen) atoms. The molecule has 1 saturated heterocycles. The van der Waals surface area contributed by atoms with E-state index in [0.717, 1.165) is 5.56 Å². The number of ether oxygens (including phenoxy) is 6. The van der Waals surface area contributed by atoms with Crippen LogP contribution in [0.4, 0.5) is 0 Å². The highest BCUT2D eigenvalue weighted by Gasteiger charge is 2.34. The van der Waals surface area contributed by atoms with Gasteiger partial charge in [0, 0.05) is 13.1 Å². The number of morpholine rings is 1. The molecule has 1 fully saturated rings. The summed E-state index contributed by atoms with van der Waals surface area (Å²) in [7, 11) is 4.50. The zero-order valence-corrected chi connectivity index (χ0v) is 26.6. The Labute approximate surface area is 263 Å². The van der Waals surface area contributed by atoms with Crippen LogP contribution in [0.1, 0.15) is 31.0 Å². The number of thiazole rings is 1. The van der Waals surface area contributed by atoms with E-state index in [4.69, 9.17) is 28.4 Å². The van der Waals surface area contributed by atoms with E-state index >= 15 is 0 Å². The van der Waals surface area contributed by atoms with Gasteiger partial charge in [0.15, 0.2) is 22.9 Å². The van der Waals surface area contributed by atoms with Crippen molar-refractivity contribution >= 4 is 29.3 Å². The third kappa shape index (κ3) is 6.59. The molecule has 0 bridgehead atoms. The van der Waals surface area contributed by atoms with Gasteiger partial charge in [-0.3, -0.25) is 14.2 Å². The maximum atomic E-state index is 14.0. The Morgan fingerprint density at radius 2 is 1.71 bits per heavy atom. The minimum Gasteiger partial charge on any atom is -0.493 e. The maximum Gasteiger partial charge on any atom is 0.338 e. The van der Waals surface area contributed by atoms with Crippen molar-refractivity contribution in [3.05, 3.63) is 78.5 Å². The first-order valence-corrected chi connectivity index (χ1v) is 15.2. The number of fused-ring (bicyclic) bond motifs is 1. The van der Waals surface area contributed by atoms with E-state index in [-0.39, 0.29) is 30.3 Å². The Morgan fingerprint density at radius 1 is 1.04 bits per heavy atom. The third-order valence-corrected chi connectivity index (χ3v) is 8.41. The number of carbonyl (C=O) groups is 2. The van der Waals surface area contributed by atoms with Gasteiger partial charge >= 0.3 is 5.97 Å². The summed E-state index contributed by atoms with van der Waals surface area (Å²) < 4.78 is 34.9. The van der Waals surface area contributed by atoms with Gasteiger partial charge in [-0.1, -0.05) is 23.5 Å². The molecule has 3 heterocycles. The van der Waals surface area contributed by atoms with E-state index in [1.165, 1.54) is 37.2 Å². The fourth-order valence-corrected chi connectivity index (χ4v) is 6.27. The largest absolute Gasteiger partial charge is 0.493 e. The Kier molecular flexibility index (Phi) is 9.89. The standard InChI is InChI=1S/C32H35N3O9S/c1-6-43-31(38)27-19(2)33-32-35(28(27)21-16-23(39-3)29(41-5)24(17-21)40-4)30(37)25(45-32)15-20-7-9-22(10-8-20)44-18-26(36)34-11-13-42-14-12-34/h7-10,15-17,28H,6,11-14,18H2,1-5H3/b25-15+/t28-/m1/s1. The second-order valence-corrected chi connectivity index (χ2v) is 11.1. The monoisotopic (exact) mass is 637 g/mol. The van der Waals surface area contributed by atoms with Gasteiger partial charge in [-0.15, -0.1) is 0 Å². The first-order chi connectivity index (χ1) is 21.8. The lowest BCUT2D eigenvalue weighted by Crippen LogP contribution is -2.42. The molecule has 0 spiro atoms. The van der Waals surface area contributed by atoms with Crippen LogP contribution in [0.3, 0.4) is 0 Å². The van der Waals surface area contributed by atoms with Crippen LogP contribution in [0.25, 0.3) is 6.08 Å². The molecule has 2 aromatic carbocycles. The molecule has 238 valence electrons. The molecule has 0 N–H and O–H groups in total. The Morgan fingerprint density at radius 3 is 2.31 bits per heavy atom. The Hall–Kier alpha value is -4.62. The van der Waals surface area contributed by atoms with Crippen molar-refractivity contribution in [2.24, 2.45) is 4.99 Å². The van der Waals surface area contributed by atoms with Crippen LogP contribution in [0.15, 0.2) is 57.5 Å². The highest BCUT2D eigenvalue weighted by atomic mass is 32.1. The molecule has 1 amide bonds. The van der Waals surface area contributed by atoms with E-state index < -0.39 is 12.0 Å². The predicted molar refractivity (Wildman–Crippen MR) is 166 cm³/mol. The van der Waals surface area contributed by atoms with E-state index in [9.17, 15) is 14.4 Å². The lowest BCUT2D eigenvalue weighted by atomic mass is 9.95. The summed E-state index contributed by atoms with van der Waals surface area (Å²) in [6, 6.07) is 9.66. The fourth-order valence-electron chi connectivity index (χ4n) is 5.23. The maximum absolute atomic E-state index is 14.0. The van der Waals surface area contributed by atoms with Gasteiger partial charge in [0.1, 0.15) is 5.75 Å². The number of methoxy groups -OCH3 is 3. The molecule has 12 nitrogen and oxygen atoms in total.